The standard InChI is InChI=1S/C18H20N2O3S/c1-2-20-8-4-3-5-12-9-16(24-18(12)20)17(21)19-13-6-7-14-15(10-13)23-11-22-14/h6-7,9-10H,2-5,8,11H2,1H3,(H,19,21). The quantitative estimate of drug-likeness (QED) is 0.918. The number of carbonyl (C=O) groups excluding carboxylic acids is 1. The van der Waals surface area contributed by atoms with Crippen molar-refractivity contribution < 1.29 is 14.3 Å². The van der Waals surface area contributed by atoms with Crippen LogP contribution >= 0.6 is 11.3 Å². The number of thiophene rings is 1. The van der Waals surface area contributed by atoms with E-state index in [0.717, 1.165) is 35.8 Å². The third-order valence-corrected chi connectivity index (χ3v) is 5.67. The number of nitrogens with one attached hydrogen (secondary N) is 1. The van der Waals surface area contributed by atoms with Crippen LogP contribution in [0.4, 0.5) is 10.7 Å². The maximum Gasteiger partial charge on any atom is 0.265 e. The van der Waals surface area contributed by atoms with Crippen molar-refractivity contribution in [1.82, 2.24) is 0 Å². The highest BCUT2D eigenvalue weighted by molar-refractivity contribution is 7.18. The number of ether oxygens (including phenoxy) is 2. The molecule has 0 saturated carbocycles. The van der Waals surface area contributed by atoms with E-state index in [1.54, 1.807) is 17.4 Å². The van der Waals surface area contributed by atoms with Gasteiger partial charge in [0.05, 0.1) is 9.88 Å². The molecular formula is C18H20N2O3S. The first kappa shape index (κ1) is 15.3. The predicted octanol–water partition coefficient (Wildman–Crippen LogP) is 3.89. The Morgan fingerprint density at radius 2 is 2.12 bits per heavy atom. The van der Waals surface area contributed by atoms with Crippen LogP contribution in [0.3, 0.4) is 0 Å². The molecule has 0 saturated heterocycles. The molecule has 5 nitrogen and oxygen atoms in total. The smallest absolute Gasteiger partial charge is 0.265 e. The van der Waals surface area contributed by atoms with Gasteiger partial charge in [0, 0.05) is 24.8 Å². The van der Waals surface area contributed by atoms with Crippen molar-refractivity contribution in [1.29, 1.82) is 0 Å². The van der Waals surface area contributed by atoms with E-state index < -0.39 is 0 Å². The zero-order chi connectivity index (χ0) is 16.5. The highest BCUT2D eigenvalue weighted by atomic mass is 32.1. The van der Waals surface area contributed by atoms with Crippen LogP contribution in [0, 0.1) is 0 Å². The highest BCUT2D eigenvalue weighted by Gasteiger charge is 2.21. The third-order valence-electron chi connectivity index (χ3n) is 4.43. The molecule has 0 bridgehead atoms. The van der Waals surface area contributed by atoms with Gasteiger partial charge in [-0.3, -0.25) is 4.79 Å². The van der Waals surface area contributed by atoms with E-state index in [1.807, 2.05) is 12.1 Å². The summed E-state index contributed by atoms with van der Waals surface area (Å²) in [4.78, 5) is 15.8. The molecule has 0 fully saturated rings. The summed E-state index contributed by atoms with van der Waals surface area (Å²) in [5.41, 5.74) is 2.02. The van der Waals surface area contributed by atoms with Crippen molar-refractivity contribution in [3.8, 4) is 11.5 Å². The number of carbonyl (C=O) groups is 1. The maximum absolute atomic E-state index is 12.6. The second-order valence-corrected chi connectivity index (χ2v) is 7.03. The molecule has 6 heteroatoms. The Hall–Kier alpha value is -2.21. The van der Waals surface area contributed by atoms with Crippen molar-refractivity contribution in [3.63, 3.8) is 0 Å². The molecule has 0 spiro atoms. The number of benzene rings is 1. The van der Waals surface area contributed by atoms with Gasteiger partial charge in [-0.05, 0) is 49.9 Å². The Morgan fingerprint density at radius 1 is 1.25 bits per heavy atom. The Balaban J connectivity index is 1.55. The van der Waals surface area contributed by atoms with E-state index in [0.29, 0.717) is 5.75 Å². The Labute approximate surface area is 145 Å². The average molecular weight is 344 g/mol. The first-order chi connectivity index (χ1) is 11.7. The van der Waals surface area contributed by atoms with E-state index >= 15 is 0 Å². The van der Waals surface area contributed by atoms with Gasteiger partial charge in [-0.2, -0.15) is 0 Å². The summed E-state index contributed by atoms with van der Waals surface area (Å²) in [5, 5.41) is 4.22. The van der Waals surface area contributed by atoms with E-state index in [4.69, 9.17) is 9.47 Å². The van der Waals surface area contributed by atoms with E-state index in [1.165, 1.54) is 23.4 Å². The van der Waals surface area contributed by atoms with E-state index in [2.05, 4.69) is 23.2 Å². The summed E-state index contributed by atoms with van der Waals surface area (Å²) in [7, 11) is 0. The number of rotatable bonds is 3. The first-order valence-corrected chi connectivity index (χ1v) is 9.15. The zero-order valence-electron chi connectivity index (χ0n) is 13.6. The van der Waals surface area contributed by atoms with E-state index in [9.17, 15) is 4.79 Å². The van der Waals surface area contributed by atoms with Gasteiger partial charge in [-0.1, -0.05) is 0 Å². The molecule has 2 aliphatic rings. The van der Waals surface area contributed by atoms with Gasteiger partial charge in [0.15, 0.2) is 11.5 Å². The van der Waals surface area contributed by atoms with Gasteiger partial charge < -0.3 is 19.7 Å². The minimum absolute atomic E-state index is 0.0667. The minimum atomic E-state index is -0.0667. The normalized spacial score (nSPS) is 15.8. The summed E-state index contributed by atoms with van der Waals surface area (Å²) in [6.07, 6.45) is 3.46. The highest BCUT2D eigenvalue weighted by Crippen LogP contribution is 2.37. The topological polar surface area (TPSA) is 50.8 Å². The maximum atomic E-state index is 12.6. The van der Waals surface area contributed by atoms with Crippen LogP contribution in [-0.4, -0.2) is 25.8 Å². The SMILES string of the molecule is CCN1CCCCc2cc(C(=O)Nc3ccc4c(c3)OCO4)sc21. The number of aryl methyl sites for hydroxylation is 1. The zero-order valence-corrected chi connectivity index (χ0v) is 14.4. The molecule has 1 aromatic carbocycles. The van der Waals surface area contributed by atoms with Crippen LogP contribution in [0.15, 0.2) is 24.3 Å². The van der Waals surface area contributed by atoms with Crippen LogP contribution in [0.5, 0.6) is 11.5 Å². The van der Waals surface area contributed by atoms with Crippen molar-refractivity contribution >= 4 is 27.9 Å². The summed E-state index contributed by atoms with van der Waals surface area (Å²) in [6.45, 7) is 4.46. The molecule has 2 aliphatic heterocycles. The molecule has 4 rings (SSSR count). The summed E-state index contributed by atoms with van der Waals surface area (Å²) >= 11 is 1.59. The van der Waals surface area contributed by atoms with Crippen LogP contribution in [-0.2, 0) is 6.42 Å². The fourth-order valence-electron chi connectivity index (χ4n) is 3.17. The van der Waals surface area contributed by atoms with Crippen LogP contribution in [0.2, 0.25) is 0 Å². The fourth-order valence-corrected chi connectivity index (χ4v) is 4.36. The van der Waals surface area contributed by atoms with Gasteiger partial charge in [-0.25, -0.2) is 0 Å². The Kier molecular flexibility index (Phi) is 4.06. The average Bonchev–Trinajstić information content (AvgIpc) is 3.17. The molecule has 1 N–H and O–H groups in total. The van der Waals surface area contributed by atoms with Gasteiger partial charge in [0.1, 0.15) is 0 Å². The monoisotopic (exact) mass is 344 g/mol. The molecule has 1 aromatic heterocycles. The Bertz CT molecular complexity index is 772. The van der Waals surface area contributed by atoms with Gasteiger partial charge in [-0.15, -0.1) is 11.3 Å². The van der Waals surface area contributed by atoms with E-state index in [-0.39, 0.29) is 12.7 Å². The van der Waals surface area contributed by atoms with Crippen LogP contribution in [0.1, 0.15) is 35.0 Å². The van der Waals surface area contributed by atoms with Crippen LogP contribution < -0.4 is 19.7 Å². The molecule has 0 atom stereocenters. The number of amides is 1. The lowest BCUT2D eigenvalue weighted by atomic mass is 10.1. The minimum Gasteiger partial charge on any atom is -0.454 e. The van der Waals surface area contributed by atoms with Crippen molar-refractivity contribution in [2.45, 2.75) is 26.2 Å². The molecule has 2 aromatic rings. The molecule has 0 radical (unpaired) electrons. The second kappa shape index (κ2) is 6.36. The lowest BCUT2D eigenvalue weighted by molar-refractivity contribution is 0.103. The summed E-state index contributed by atoms with van der Waals surface area (Å²) < 4.78 is 10.7. The molecule has 0 unspecified atom stereocenters. The molecule has 24 heavy (non-hydrogen) atoms. The van der Waals surface area contributed by atoms with Crippen molar-refractivity contribution in [2.24, 2.45) is 0 Å². The van der Waals surface area contributed by atoms with Gasteiger partial charge in [0.2, 0.25) is 6.79 Å². The van der Waals surface area contributed by atoms with Crippen LogP contribution in [0.25, 0.3) is 0 Å². The molecule has 126 valence electrons. The number of nitrogens with zero attached hydrogens (tertiary/aromatic N) is 1. The molecule has 0 aliphatic carbocycles. The number of hydrogen-bond donors (Lipinski definition) is 1. The lowest BCUT2D eigenvalue weighted by Crippen LogP contribution is -2.22. The third kappa shape index (κ3) is 2.82. The lowest BCUT2D eigenvalue weighted by Gasteiger charge is -2.19. The number of anilines is 2. The largest absolute Gasteiger partial charge is 0.454 e. The van der Waals surface area contributed by atoms with Crippen molar-refractivity contribution in [2.75, 3.05) is 30.1 Å². The van der Waals surface area contributed by atoms with Gasteiger partial charge >= 0.3 is 0 Å². The molecular weight excluding hydrogens is 324 g/mol. The molecule has 1 amide bonds. The second-order valence-electron chi connectivity index (χ2n) is 6.00. The number of hydrogen-bond acceptors (Lipinski definition) is 5. The summed E-state index contributed by atoms with van der Waals surface area (Å²) in [6, 6.07) is 7.51. The van der Waals surface area contributed by atoms with Crippen molar-refractivity contribution in [3.05, 3.63) is 34.7 Å². The summed E-state index contributed by atoms with van der Waals surface area (Å²) in [5.74, 6) is 1.32. The van der Waals surface area contributed by atoms with Gasteiger partial charge in [0.25, 0.3) is 5.91 Å². The predicted molar refractivity (Wildman–Crippen MR) is 95.7 cm³/mol. The number of fused-ring (bicyclic) bond motifs is 2. The molecule has 3 heterocycles. The fraction of sp³-hybridized carbons (Fsp3) is 0.389. The Morgan fingerprint density at radius 3 is 3.00 bits per heavy atom. The first-order valence-electron chi connectivity index (χ1n) is 8.33.